The van der Waals surface area contributed by atoms with Gasteiger partial charge in [0.2, 0.25) is 0 Å². The monoisotopic (exact) mass is 280 g/mol. The number of rotatable bonds is 4. The van der Waals surface area contributed by atoms with E-state index in [1.165, 1.54) is 12.1 Å². The average Bonchev–Trinajstić information content (AvgIpc) is 2.78. The summed E-state index contributed by atoms with van der Waals surface area (Å²) in [5.74, 6) is 0. The Hall–Kier alpha value is -2.08. The van der Waals surface area contributed by atoms with Gasteiger partial charge in [-0.25, -0.2) is 0 Å². The van der Waals surface area contributed by atoms with Crippen LogP contribution >= 0.6 is 11.6 Å². The van der Waals surface area contributed by atoms with Gasteiger partial charge in [0.1, 0.15) is 5.02 Å². The Morgan fingerprint density at radius 2 is 2.26 bits per heavy atom. The van der Waals surface area contributed by atoms with Crippen LogP contribution in [0.15, 0.2) is 30.6 Å². The van der Waals surface area contributed by atoms with E-state index in [0.29, 0.717) is 5.69 Å². The first-order chi connectivity index (χ1) is 8.97. The van der Waals surface area contributed by atoms with Gasteiger partial charge in [-0.2, -0.15) is 5.10 Å². The Labute approximate surface area is 115 Å². The van der Waals surface area contributed by atoms with Crippen LogP contribution in [-0.2, 0) is 7.05 Å². The summed E-state index contributed by atoms with van der Waals surface area (Å²) in [5, 5.41) is 18.2. The predicted molar refractivity (Wildman–Crippen MR) is 73.4 cm³/mol. The number of benzene rings is 1. The van der Waals surface area contributed by atoms with Crippen LogP contribution in [-0.4, -0.2) is 14.7 Å². The zero-order valence-electron chi connectivity index (χ0n) is 10.5. The van der Waals surface area contributed by atoms with Gasteiger partial charge in [0.25, 0.3) is 5.69 Å². The minimum Gasteiger partial charge on any atom is -0.378 e. The largest absolute Gasteiger partial charge is 0.378 e. The van der Waals surface area contributed by atoms with Crippen LogP contribution in [0.5, 0.6) is 0 Å². The molecule has 0 fully saturated rings. The van der Waals surface area contributed by atoms with Crippen LogP contribution in [0.2, 0.25) is 5.02 Å². The molecule has 1 aromatic carbocycles. The number of hydrogen-bond acceptors (Lipinski definition) is 4. The Balaban J connectivity index is 2.19. The molecular formula is C12H13ClN4O2. The van der Waals surface area contributed by atoms with Crippen molar-refractivity contribution in [2.24, 2.45) is 7.05 Å². The second-order valence-corrected chi connectivity index (χ2v) is 4.64. The van der Waals surface area contributed by atoms with Gasteiger partial charge in [0, 0.05) is 30.6 Å². The third kappa shape index (κ3) is 3.03. The zero-order valence-corrected chi connectivity index (χ0v) is 11.3. The molecule has 0 bridgehead atoms. The molecule has 0 aliphatic rings. The maximum absolute atomic E-state index is 10.8. The number of nitro benzene ring substituents is 1. The smallest absolute Gasteiger partial charge is 0.289 e. The minimum absolute atomic E-state index is 0.00511. The number of nitrogens with zero attached hydrogens (tertiary/aromatic N) is 3. The second-order valence-electron chi connectivity index (χ2n) is 4.24. The maximum atomic E-state index is 10.8. The summed E-state index contributed by atoms with van der Waals surface area (Å²) in [6.45, 7) is 1.96. The molecule has 2 aromatic rings. The normalized spacial score (nSPS) is 12.2. The molecule has 2 rings (SSSR count). The van der Waals surface area contributed by atoms with E-state index < -0.39 is 4.92 Å². The molecule has 0 saturated heterocycles. The van der Waals surface area contributed by atoms with Crippen LogP contribution in [0.4, 0.5) is 11.4 Å². The standard InChI is InChI=1S/C12H13ClN4O2/c1-8(9-6-14-16(2)7-9)15-10-3-4-11(13)12(5-10)17(18)19/h3-8,15H,1-2H3. The second kappa shape index (κ2) is 5.27. The number of nitro groups is 1. The summed E-state index contributed by atoms with van der Waals surface area (Å²) >= 11 is 5.77. The van der Waals surface area contributed by atoms with Crippen molar-refractivity contribution in [3.05, 3.63) is 51.3 Å². The summed E-state index contributed by atoms with van der Waals surface area (Å²) in [6, 6.07) is 4.64. The summed E-state index contributed by atoms with van der Waals surface area (Å²) in [6.07, 6.45) is 3.64. The molecule has 7 heteroatoms. The van der Waals surface area contributed by atoms with Crippen molar-refractivity contribution in [1.29, 1.82) is 0 Å². The highest BCUT2D eigenvalue weighted by Gasteiger charge is 2.14. The fourth-order valence-corrected chi connectivity index (χ4v) is 1.93. The number of halogens is 1. The van der Waals surface area contributed by atoms with Crippen LogP contribution in [0, 0.1) is 10.1 Å². The van der Waals surface area contributed by atoms with Crippen LogP contribution in [0.25, 0.3) is 0 Å². The zero-order chi connectivity index (χ0) is 14.0. The molecule has 0 aliphatic heterocycles. The van der Waals surface area contributed by atoms with E-state index in [2.05, 4.69) is 10.4 Å². The van der Waals surface area contributed by atoms with Crippen LogP contribution < -0.4 is 5.32 Å². The number of nitrogens with one attached hydrogen (secondary N) is 1. The molecule has 0 aliphatic carbocycles. The highest BCUT2D eigenvalue weighted by atomic mass is 35.5. The quantitative estimate of drug-likeness (QED) is 0.690. The van der Waals surface area contributed by atoms with Gasteiger partial charge in [0.05, 0.1) is 17.2 Å². The van der Waals surface area contributed by atoms with Crippen molar-refractivity contribution in [3.8, 4) is 0 Å². The average molecular weight is 281 g/mol. The van der Waals surface area contributed by atoms with E-state index in [0.717, 1.165) is 5.56 Å². The van der Waals surface area contributed by atoms with Crippen LogP contribution in [0.1, 0.15) is 18.5 Å². The maximum Gasteiger partial charge on any atom is 0.289 e. The molecule has 1 aromatic heterocycles. The Bertz CT molecular complexity index is 612. The van der Waals surface area contributed by atoms with Gasteiger partial charge in [-0.3, -0.25) is 14.8 Å². The lowest BCUT2D eigenvalue weighted by Crippen LogP contribution is -2.06. The Kier molecular flexibility index (Phi) is 3.71. The van der Waals surface area contributed by atoms with Gasteiger partial charge in [-0.05, 0) is 19.1 Å². The molecular weight excluding hydrogens is 268 g/mol. The van der Waals surface area contributed by atoms with Crippen molar-refractivity contribution in [2.45, 2.75) is 13.0 Å². The predicted octanol–water partition coefficient (Wildman–Crippen LogP) is 3.15. The lowest BCUT2D eigenvalue weighted by molar-refractivity contribution is -0.384. The molecule has 19 heavy (non-hydrogen) atoms. The van der Waals surface area contributed by atoms with E-state index in [1.807, 2.05) is 20.2 Å². The molecule has 100 valence electrons. The van der Waals surface area contributed by atoms with Gasteiger partial charge in [-0.15, -0.1) is 0 Å². The van der Waals surface area contributed by atoms with E-state index >= 15 is 0 Å². The fraction of sp³-hybridized carbons (Fsp3) is 0.250. The molecule has 0 spiro atoms. The Morgan fingerprint density at radius 1 is 1.53 bits per heavy atom. The summed E-state index contributed by atoms with van der Waals surface area (Å²) in [4.78, 5) is 10.3. The molecule has 6 nitrogen and oxygen atoms in total. The fourth-order valence-electron chi connectivity index (χ4n) is 1.74. The van der Waals surface area contributed by atoms with Crippen LogP contribution in [0.3, 0.4) is 0 Å². The van der Waals surface area contributed by atoms with E-state index in [1.54, 1.807) is 16.9 Å². The van der Waals surface area contributed by atoms with Gasteiger partial charge in [0.15, 0.2) is 0 Å². The molecule has 1 unspecified atom stereocenters. The van der Waals surface area contributed by atoms with E-state index in [-0.39, 0.29) is 16.8 Å². The lowest BCUT2D eigenvalue weighted by Gasteiger charge is -2.13. The first kappa shape index (κ1) is 13.4. The highest BCUT2D eigenvalue weighted by Crippen LogP contribution is 2.29. The molecule has 1 N–H and O–H groups in total. The van der Waals surface area contributed by atoms with Crippen molar-refractivity contribution in [2.75, 3.05) is 5.32 Å². The Morgan fingerprint density at radius 3 is 2.84 bits per heavy atom. The van der Waals surface area contributed by atoms with Gasteiger partial charge < -0.3 is 5.32 Å². The van der Waals surface area contributed by atoms with Crippen molar-refractivity contribution in [3.63, 3.8) is 0 Å². The van der Waals surface area contributed by atoms with Crippen molar-refractivity contribution < 1.29 is 4.92 Å². The van der Waals surface area contributed by atoms with E-state index in [9.17, 15) is 10.1 Å². The molecule has 0 amide bonds. The van der Waals surface area contributed by atoms with Crippen molar-refractivity contribution in [1.82, 2.24) is 9.78 Å². The van der Waals surface area contributed by atoms with Gasteiger partial charge in [-0.1, -0.05) is 11.6 Å². The van der Waals surface area contributed by atoms with E-state index in [4.69, 9.17) is 11.6 Å². The summed E-state index contributed by atoms with van der Waals surface area (Å²) in [7, 11) is 1.84. The minimum atomic E-state index is -0.498. The molecule has 1 heterocycles. The summed E-state index contributed by atoms with van der Waals surface area (Å²) < 4.78 is 1.71. The molecule has 0 radical (unpaired) electrons. The SMILES string of the molecule is CC(Nc1ccc(Cl)c([N+](=O)[O-])c1)c1cnn(C)c1. The topological polar surface area (TPSA) is 73.0 Å². The highest BCUT2D eigenvalue weighted by molar-refractivity contribution is 6.32. The third-order valence-electron chi connectivity index (χ3n) is 2.75. The number of aryl methyl sites for hydroxylation is 1. The van der Waals surface area contributed by atoms with Crippen molar-refractivity contribution >= 4 is 23.0 Å². The number of anilines is 1. The lowest BCUT2D eigenvalue weighted by atomic mass is 10.2. The van der Waals surface area contributed by atoms with Gasteiger partial charge >= 0.3 is 0 Å². The first-order valence-electron chi connectivity index (χ1n) is 5.66. The number of hydrogen-bond donors (Lipinski definition) is 1. The molecule has 0 saturated carbocycles. The third-order valence-corrected chi connectivity index (χ3v) is 3.07. The first-order valence-corrected chi connectivity index (χ1v) is 6.04. The molecule has 1 atom stereocenters. The number of aromatic nitrogens is 2. The summed E-state index contributed by atoms with van der Waals surface area (Å²) in [5.41, 5.74) is 1.54.